The average Bonchev–Trinajstić information content (AvgIpc) is 3.43. The number of nitrogens with zero attached hydrogens (tertiary/aromatic N) is 5. The Labute approximate surface area is 233 Å². The molecule has 232 valence electrons. The summed E-state index contributed by atoms with van der Waals surface area (Å²) in [6.07, 6.45) is -7.50. The van der Waals surface area contributed by atoms with Gasteiger partial charge in [-0.25, -0.2) is 14.8 Å². The predicted octanol–water partition coefficient (Wildman–Crippen LogP) is 4.28. The molecule has 0 spiro atoms. The van der Waals surface area contributed by atoms with Crippen molar-refractivity contribution in [3.63, 3.8) is 0 Å². The fourth-order valence-corrected chi connectivity index (χ4v) is 4.62. The van der Waals surface area contributed by atoms with Crippen molar-refractivity contribution in [1.82, 2.24) is 29.3 Å². The van der Waals surface area contributed by atoms with Gasteiger partial charge in [0.1, 0.15) is 5.60 Å². The monoisotopic (exact) mass is 598 g/mol. The number of ether oxygens (including phenoxy) is 1. The van der Waals surface area contributed by atoms with Gasteiger partial charge in [-0.3, -0.25) is 0 Å². The van der Waals surface area contributed by atoms with Crippen molar-refractivity contribution in [3.05, 3.63) is 35.4 Å². The summed E-state index contributed by atoms with van der Waals surface area (Å²) < 4.78 is 85.7. The first-order valence-electron chi connectivity index (χ1n) is 12.9. The first-order chi connectivity index (χ1) is 18.5. The van der Waals surface area contributed by atoms with Crippen LogP contribution < -0.4 is 5.32 Å². The summed E-state index contributed by atoms with van der Waals surface area (Å²) in [6, 6.07) is -0.641. The van der Waals surface area contributed by atoms with E-state index >= 15 is 0 Å². The number of imidazole rings is 2. The molecule has 0 bridgehead atoms. The lowest BCUT2D eigenvalue weighted by atomic mass is 10.0. The molecule has 0 saturated carbocycles. The number of hydrogen-bond donors (Lipinski definition) is 3. The van der Waals surface area contributed by atoms with Crippen LogP contribution in [0.4, 0.5) is 31.1 Å². The standard InChI is InChI=1S/C15H22F3N3O3.C10H14F3N3O/c1-9-7-20(12(22)24-13(2,3)4)8-10-6-19-11(21(9)10)14(5,23)15(16,17)18;1-6-3-14-4-7-5-15-8(16(6)7)9(2,17)10(11,12)13/h6,9,23H,7-8H2,1-5H3;5-6,14,17H,3-4H2,1-2H3/t9-,14+;6-,9+/m00/s1. The smallest absolute Gasteiger partial charge is 0.424 e. The number of nitrogens with one attached hydrogen (secondary N) is 1. The second-order valence-corrected chi connectivity index (χ2v) is 11.7. The van der Waals surface area contributed by atoms with Crippen LogP contribution in [0.25, 0.3) is 0 Å². The topological polar surface area (TPSA) is 118 Å². The molecule has 4 rings (SSSR count). The largest absolute Gasteiger partial charge is 0.444 e. The van der Waals surface area contributed by atoms with Crippen molar-refractivity contribution in [1.29, 1.82) is 0 Å². The maximum atomic E-state index is 13.1. The first kappa shape index (κ1) is 32.7. The lowest BCUT2D eigenvalue weighted by Crippen LogP contribution is -2.46. The maximum Gasteiger partial charge on any atom is 0.424 e. The molecule has 3 N–H and O–H groups in total. The van der Waals surface area contributed by atoms with Gasteiger partial charge in [0.15, 0.2) is 11.6 Å². The summed E-state index contributed by atoms with van der Waals surface area (Å²) in [5.74, 6) is -0.810. The van der Waals surface area contributed by atoms with Gasteiger partial charge in [0, 0.05) is 31.9 Å². The van der Waals surface area contributed by atoms with Crippen molar-refractivity contribution < 1.29 is 46.1 Å². The van der Waals surface area contributed by atoms with Crippen LogP contribution in [-0.2, 0) is 29.0 Å². The van der Waals surface area contributed by atoms with Crippen molar-refractivity contribution in [2.45, 2.75) is 103 Å². The quantitative estimate of drug-likeness (QED) is 0.442. The number of alkyl halides is 6. The van der Waals surface area contributed by atoms with E-state index in [4.69, 9.17) is 4.74 Å². The Kier molecular flexibility index (Phi) is 8.58. The highest BCUT2D eigenvalue weighted by atomic mass is 19.4. The van der Waals surface area contributed by atoms with E-state index in [1.165, 1.54) is 26.4 Å². The minimum Gasteiger partial charge on any atom is -0.444 e. The maximum absolute atomic E-state index is 13.1. The molecule has 0 aliphatic carbocycles. The number of rotatable bonds is 2. The number of aromatic nitrogens is 4. The van der Waals surface area contributed by atoms with Crippen molar-refractivity contribution in [2.75, 3.05) is 13.1 Å². The molecule has 2 aromatic rings. The van der Waals surface area contributed by atoms with Gasteiger partial charge in [0.25, 0.3) is 0 Å². The molecule has 1 amide bonds. The number of carbonyl (C=O) groups excluding carboxylic acids is 1. The second-order valence-electron chi connectivity index (χ2n) is 11.7. The number of carbonyl (C=O) groups is 1. The molecule has 0 aromatic carbocycles. The lowest BCUT2D eigenvalue weighted by molar-refractivity contribution is -0.263. The zero-order valence-electron chi connectivity index (χ0n) is 23.9. The molecule has 2 aliphatic rings. The third-order valence-corrected chi connectivity index (χ3v) is 6.84. The molecule has 0 saturated heterocycles. The Bertz CT molecular complexity index is 1240. The Morgan fingerprint density at radius 1 is 0.878 bits per heavy atom. The third-order valence-electron chi connectivity index (χ3n) is 6.84. The summed E-state index contributed by atoms with van der Waals surface area (Å²) in [5, 5.41) is 22.6. The molecular formula is C25H36F6N6O4. The van der Waals surface area contributed by atoms with Crippen LogP contribution in [0.1, 0.15) is 83.6 Å². The Balaban J connectivity index is 0.000000239. The summed E-state index contributed by atoms with van der Waals surface area (Å²) in [5.41, 5.74) is -5.57. The Hall–Kier alpha value is -2.85. The van der Waals surface area contributed by atoms with Gasteiger partial charge in [-0.2, -0.15) is 26.3 Å². The van der Waals surface area contributed by atoms with Crippen LogP contribution in [-0.4, -0.2) is 71.4 Å². The van der Waals surface area contributed by atoms with Crippen LogP contribution in [0.5, 0.6) is 0 Å². The van der Waals surface area contributed by atoms with Crippen LogP contribution in [0.2, 0.25) is 0 Å². The SMILES string of the molecule is C[C@H]1CN(C(=O)OC(C)(C)C)Cc2cnc([C@@](C)(O)C(F)(F)F)n21.C[C@H]1CNCc2cnc([C@@](C)(O)C(F)(F)F)n21. The van der Waals surface area contributed by atoms with Crippen LogP contribution in [0.15, 0.2) is 12.4 Å². The minimum atomic E-state index is -4.85. The summed E-state index contributed by atoms with van der Waals surface area (Å²) in [7, 11) is 0. The molecular weight excluding hydrogens is 562 g/mol. The van der Waals surface area contributed by atoms with E-state index in [1.54, 1.807) is 34.6 Å². The fraction of sp³-hybridized carbons (Fsp3) is 0.720. The van der Waals surface area contributed by atoms with E-state index in [-0.39, 0.29) is 25.0 Å². The van der Waals surface area contributed by atoms with Crippen molar-refractivity contribution >= 4 is 6.09 Å². The molecule has 2 aliphatic heterocycles. The lowest BCUT2D eigenvalue weighted by Gasteiger charge is -2.36. The van der Waals surface area contributed by atoms with E-state index in [9.17, 15) is 41.4 Å². The molecule has 16 heteroatoms. The normalized spacial score (nSPS) is 22.5. The number of amides is 1. The number of hydrogen-bond acceptors (Lipinski definition) is 7. The number of aliphatic hydroxyl groups is 2. The number of halogens is 6. The fourth-order valence-electron chi connectivity index (χ4n) is 4.62. The Morgan fingerprint density at radius 2 is 1.34 bits per heavy atom. The molecule has 2 aromatic heterocycles. The van der Waals surface area contributed by atoms with E-state index in [0.717, 1.165) is 6.92 Å². The van der Waals surface area contributed by atoms with E-state index in [2.05, 4.69) is 15.3 Å². The zero-order valence-corrected chi connectivity index (χ0v) is 23.9. The van der Waals surface area contributed by atoms with Gasteiger partial charge in [-0.05, 0) is 48.5 Å². The second kappa shape index (κ2) is 10.8. The zero-order chi connectivity index (χ0) is 31.3. The van der Waals surface area contributed by atoms with Gasteiger partial charge in [-0.15, -0.1) is 0 Å². The molecule has 4 atom stereocenters. The van der Waals surface area contributed by atoms with Crippen LogP contribution in [0.3, 0.4) is 0 Å². The third kappa shape index (κ3) is 6.48. The minimum absolute atomic E-state index is 0.0696. The predicted molar refractivity (Wildman–Crippen MR) is 133 cm³/mol. The van der Waals surface area contributed by atoms with Gasteiger partial charge < -0.3 is 34.3 Å². The number of fused-ring (bicyclic) bond motifs is 2. The van der Waals surface area contributed by atoms with E-state index in [0.29, 0.717) is 31.4 Å². The van der Waals surface area contributed by atoms with Gasteiger partial charge >= 0.3 is 18.4 Å². The van der Waals surface area contributed by atoms with Gasteiger partial charge in [-0.1, -0.05) is 0 Å². The molecule has 10 nitrogen and oxygen atoms in total. The first-order valence-corrected chi connectivity index (χ1v) is 12.9. The van der Waals surface area contributed by atoms with Gasteiger partial charge in [0.05, 0.1) is 30.2 Å². The van der Waals surface area contributed by atoms with E-state index < -0.39 is 47.1 Å². The van der Waals surface area contributed by atoms with Crippen LogP contribution >= 0.6 is 0 Å². The Morgan fingerprint density at radius 3 is 1.80 bits per heavy atom. The molecule has 0 radical (unpaired) electrons. The molecule has 0 fully saturated rings. The molecule has 41 heavy (non-hydrogen) atoms. The van der Waals surface area contributed by atoms with E-state index in [1.807, 2.05) is 0 Å². The molecule has 4 heterocycles. The highest BCUT2D eigenvalue weighted by molar-refractivity contribution is 5.68. The molecule has 0 unspecified atom stereocenters. The van der Waals surface area contributed by atoms with Crippen molar-refractivity contribution in [3.8, 4) is 0 Å². The summed E-state index contributed by atoms with van der Waals surface area (Å²) in [4.78, 5) is 21.1. The van der Waals surface area contributed by atoms with Crippen molar-refractivity contribution in [2.24, 2.45) is 0 Å². The van der Waals surface area contributed by atoms with Crippen LogP contribution in [0, 0.1) is 0 Å². The summed E-state index contributed by atoms with van der Waals surface area (Å²) in [6.45, 7) is 11.3. The average molecular weight is 599 g/mol. The highest BCUT2D eigenvalue weighted by Gasteiger charge is 2.56. The highest BCUT2D eigenvalue weighted by Crippen LogP contribution is 2.41. The van der Waals surface area contributed by atoms with Gasteiger partial charge in [0.2, 0.25) is 11.2 Å². The summed E-state index contributed by atoms with van der Waals surface area (Å²) >= 11 is 0.